The third-order valence-corrected chi connectivity index (χ3v) is 4.95. The molecule has 0 fully saturated rings. The van der Waals surface area contributed by atoms with Gasteiger partial charge in [-0.2, -0.15) is 10.1 Å². The minimum Gasteiger partial charge on any atom is -0.493 e. The molecule has 11 heteroatoms. The Morgan fingerprint density at radius 3 is 2.80 bits per heavy atom. The highest BCUT2D eigenvalue weighted by molar-refractivity contribution is 6.32. The number of nitro benzene ring substituents is 1. The van der Waals surface area contributed by atoms with Crippen LogP contribution >= 0.6 is 11.6 Å². The van der Waals surface area contributed by atoms with E-state index in [9.17, 15) is 14.9 Å². The van der Waals surface area contributed by atoms with Gasteiger partial charge in [-0.3, -0.25) is 20.2 Å². The van der Waals surface area contributed by atoms with E-state index in [0.717, 1.165) is 11.1 Å². The molecule has 3 aromatic rings. The number of nitro groups is 1. The first-order chi connectivity index (χ1) is 14.5. The number of halogens is 1. The second-order valence-electron chi connectivity index (χ2n) is 6.54. The zero-order chi connectivity index (χ0) is 21.3. The van der Waals surface area contributed by atoms with E-state index in [1.165, 1.54) is 25.6 Å². The molecule has 30 heavy (non-hydrogen) atoms. The molecular weight excluding hydrogens is 414 g/mol. The van der Waals surface area contributed by atoms with Gasteiger partial charge in [0.25, 0.3) is 5.69 Å². The van der Waals surface area contributed by atoms with E-state index in [0.29, 0.717) is 22.5 Å². The molecule has 1 aliphatic heterocycles. The quantitative estimate of drug-likeness (QED) is 0.471. The molecule has 1 aliphatic rings. The first kappa shape index (κ1) is 19.6. The molecular formula is C19H16ClN5O5. The largest absolute Gasteiger partial charge is 0.493 e. The van der Waals surface area contributed by atoms with Crippen LogP contribution in [0.15, 0.2) is 42.7 Å². The zero-order valence-corrected chi connectivity index (χ0v) is 16.5. The van der Waals surface area contributed by atoms with E-state index in [1.807, 2.05) is 0 Å². The average Bonchev–Trinajstić information content (AvgIpc) is 3.20. The van der Waals surface area contributed by atoms with Crippen LogP contribution < -0.4 is 14.8 Å². The standard InChI is InChI=1S/C19H16ClN5O5/c1-29-16-7-12(15-8-17(26)23-19-21-10-22-24(15)19)6-14(20)18(16)30-9-11-2-4-13(5-3-11)25(27)28/h2-7,10,15H,8-9H2,1H3,(H,21,22,23,26)/t15-/m0/s1. The first-order valence-electron chi connectivity index (χ1n) is 8.89. The van der Waals surface area contributed by atoms with Gasteiger partial charge in [-0.25, -0.2) is 4.68 Å². The van der Waals surface area contributed by atoms with E-state index in [-0.39, 0.29) is 30.7 Å². The van der Waals surface area contributed by atoms with Crippen LogP contribution in [-0.2, 0) is 11.4 Å². The number of fused-ring (bicyclic) bond motifs is 1. The van der Waals surface area contributed by atoms with E-state index >= 15 is 0 Å². The number of nitrogens with one attached hydrogen (secondary N) is 1. The molecule has 1 amide bonds. The molecule has 0 unspecified atom stereocenters. The molecule has 10 nitrogen and oxygen atoms in total. The number of anilines is 1. The van der Waals surface area contributed by atoms with Crippen molar-refractivity contribution in [2.24, 2.45) is 0 Å². The Hall–Kier alpha value is -3.66. The minimum absolute atomic E-state index is 0.00251. The molecule has 154 valence electrons. The van der Waals surface area contributed by atoms with Crippen LogP contribution in [0.4, 0.5) is 11.6 Å². The van der Waals surface area contributed by atoms with Crippen molar-refractivity contribution in [2.75, 3.05) is 12.4 Å². The highest BCUT2D eigenvalue weighted by Gasteiger charge is 2.29. The predicted molar refractivity (Wildman–Crippen MR) is 107 cm³/mol. The number of methoxy groups -OCH3 is 1. The number of aromatic nitrogens is 3. The summed E-state index contributed by atoms with van der Waals surface area (Å²) in [6.07, 6.45) is 1.55. The Morgan fingerprint density at radius 2 is 2.10 bits per heavy atom. The third kappa shape index (κ3) is 3.77. The highest BCUT2D eigenvalue weighted by Crippen LogP contribution is 2.40. The molecule has 0 bridgehead atoms. The van der Waals surface area contributed by atoms with Crippen molar-refractivity contribution < 1.29 is 19.2 Å². The number of hydrogen-bond donors (Lipinski definition) is 1. The van der Waals surface area contributed by atoms with Gasteiger partial charge in [0, 0.05) is 12.1 Å². The lowest BCUT2D eigenvalue weighted by Gasteiger charge is -2.24. The summed E-state index contributed by atoms with van der Waals surface area (Å²) in [5.74, 6) is 0.923. The number of non-ortho nitro benzene ring substituents is 1. The van der Waals surface area contributed by atoms with Crippen LogP contribution in [0.5, 0.6) is 11.5 Å². The zero-order valence-electron chi connectivity index (χ0n) is 15.7. The molecule has 2 aromatic carbocycles. The lowest BCUT2D eigenvalue weighted by Crippen LogP contribution is -2.29. The Bertz CT molecular complexity index is 1120. The van der Waals surface area contributed by atoms with Gasteiger partial charge in [-0.15, -0.1) is 0 Å². The van der Waals surface area contributed by atoms with Gasteiger partial charge in [-0.1, -0.05) is 11.6 Å². The Kier molecular flexibility index (Phi) is 5.23. The summed E-state index contributed by atoms with van der Waals surface area (Å²) < 4.78 is 12.9. The summed E-state index contributed by atoms with van der Waals surface area (Å²) in [4.78, 5) is 26.4. The van der Waals surface area contributed by atoms with Crippen molar-refractivity contribution in [3.05, 3.63) is 69.0 Å². The summed E-state index contributed by atoms with van der Waals surface area (Å²) in [6.45, 7) is 0.145. The minimum atomic E-state index is -0.463. The summed E-state index contributed by atoms with van der Waals surface area (Å²) in [7, 11) is 1.49. The number of carbonyl (C=O) groups is 1. The third-order valence-electron chi connectivity index (χ3n) is 4.67. The average molecular weight is 430 g/mol. The number of nitrogens with zero attached hydrogens (tertiary/aromatic N) is 4. The molecule has 0 saturated carbocycles. The number of rotatable bonds is 6. The summed E-state index contributed by atoms with van der Waals surface area (Å²) >= 11 is 6.46. The van der Waals surface area contributed by atoms with E-state index in [1.54, 1.807) is 28.9 Å². The second-order valence-corrected chi connectivity index (χ2v) is 6.95. The van der Waals surface area contributed by atoms with Gasteiger partial charge in [0.05, 0.1) is 29.5 Å². The van der Waals surface area contributed by atoms with Gasteiger partial charge in [-0.05, 0) is 35.4 Å². The molecule has 2 heterocycles. The van der Waals surface area contributed by atoms with Crippen LogP contribution in [0.1, 0.15) is 23.6 Å². The topological polar surface area (TPSA) is 121 Å². The van der Waals surface area contributed by atoms with Gasteiger partial charge >= 0.3 is 0 Å². The van der Waals surface area contributed by atoms with Crippen LogP contribution in [0.2, 0.25) is 5.02 Å². The fraction of sp³-hybridized carbons (Fsp3) is 0.211. The summed E-state index contributed by atoms with van der Waals surface area (Å²) in [5.41, 5.74) is 1.46. The number of hydrogen-bond acceptors (Lipinski definition) is 7. The fourth-order valence-electron chi connectivity index (χ4n) is 3.21. The van der Waals surface area contributed by atoms with E-state index < -0.39 is 4.92 Å². The Balaban J connectivity index is 1.59. The van der Waals surface area contributed by atoms with E-state index in [4.69, 9.17) is 21.1 Å². The SMILES string of the molecule is COc1cc([C@@H]2CC(=O)Nc3ncnn32)cc(Cl)c1OCc1ccc([N+](=O)[O-])cc1. The maximum atomic E-state index is 12.0. The predicted octanol–water partition coefficient (Wildman–Crippen LogP) is 3.36. The number of carbonyl (C=O) groups excluding carboxylic acids is 1. The number of benzene rings is 2. The van der Waals surface area contributed by atoms with Crippen LogP contribution in [0.3, 0.4) is 0 Å². The maximum Gasteiger partial charge on any atom is 0.269 e. The molecule has 0 saturated heterocycles. The van der Waals surface area contributed by atoms with Crippen LogP contribution in [-0.4, -0.2) is 32.7 Å². The van der Waals surface area contributed by atoms with E-state index in [2.05, 4.69) is 15.4 Å². The highest BCUT2D eigenvalue weighted by atomic mass is 35.5. The Labute approximate surface area is 175 Å². The smallest absolute Gasteiger partial charge is 0.269 e. The van der Waals surface area contributed by atoms with Gasteiger partial charge < -0.3 is 9.47 Å². The Morgan fingerprint density at radius 1 is 1.33 bits per heavy atom. The number of ether oxygens (including phenoxy) is 2. The lowest BCUT2D eigenvalue weighted by molar-refractivity contribution is -0.384. The normalized spacial score (nSPS) is 15.3. The number of amides is 1. The van der Waals surface area contributed by atoms with Crippen molar-refractivity contribution in [3.63, 3.8) is 0 Å². The van der Waals surface area contributed by atoms with Crippen LogP contribution in [0, 0.1) is 10.1 Å². The maximum absolute atomic E-state index is 12.0. The second kappa shape index (κ2) is 7.99. The molecule has 0 radical (unpaired) electrons. The monoisotopic (exact) mass is 429 g/mol. The van der Waals surface area contributed by atoms with Crippen molar-refractivity contribution in [2.45, 2.75) is 19.1 Å². The molecule has 1 aromatic heterocycles. The lowest BCUT2D eigenvalue weighted by atomic mass is 10.0. The summed E-state index contributed by atoms with van der Waals surface area (Å²) in [6, 6.07) is 9.09. The van der Waals surface area contributed by atoms with Crippen LogP contribution in [0.25, 0.3) is 0 Å². The molecule has 0 aliphatic carbocycles. The van der Waals surface area contributed by atoms with Crippen molar-refractivity contribution in [3.8, 4) is 11.5 Å². The molecule has 1 atom stereocenters. The molecule has 0 spiro atoms. The van der Waals surface area contributed by atoms with Gasteiger partial charge in [0.1, 0.15) is 12.9 Å². The first-order valence-corrected chi connectivity index (χ1v) is 9.27. The van der Waals surface area contributed by atoms with Crippen molar-refractivity contribution >= 4 is 29.1 Å². The van der Waals surface area contributed by atoms with Gasteiger partial charge in [0.2, 0.25) is 11.9 Å². The molecule has 4 rings (SSSR count). The van der Waals surface area contributed by atoms with Crippen molar-refractivity contribution in [1.29, 1.82) is 0 Å². The fourth-order valence-corrected chi connectivity index (χ4v) is 3.48. The summed E-state index contributed by atoms with van der Waals surface area (Å²) in [5, 5.41) is 17.9. The molecule has 1 N–H and O–H groups in total. The van der Waals surface area contributed by atoms with Crippen molar-refractivity contribution in [1.82, 2.24) is 14.8 Å². The van der Waals surface area contributed by atoms with Gasteiger partial charge in [0.15, 0.2) is 11.5 Å².